The molecule has 7 aromatic rings. The number of hydrogen-bond acceptors (Lipinski definition) is 2. The fourth-order valence-electron chi connectivity index (χ4n) is 10.5. The molecule has 0 unspecified atom stereocenters. The lowest BCUT2D eigenvalue weighted by atomic mass is 9.78. The zero-order valence-corrected chi connectivity index (χ0v) is 34.0. The average Bonchev–Trinajstić information content (AvgIpc) is 3.75. The van der Waals surface area contributed by atoms with Crippen molar-refractivity contribution in [1.29, 1.82) is 0 Å². The Morgan fingerprint density at radius 1 is 0.561 bits per heavy atom. The van der Waals surface area contributed by atoms with Crippen LogP contribution in [0.1, 0.15) is 94.5 Å². The van der Waals surface area contributed by atoms with Crippen LogP contribution in [0, 0.1) is 0 Å². The van der Waals surface area contributed by atoms with E-state index >= 15 is 0 Å². The zero-order chi connectivity index (χ0) is 39.3. The van der Waals surface area contributed by atoms with Gasteiger partial charge in [-0.15, -0.1) is 0 Å². The van der Waals surface area contributed by atoms with E-state index < -0.39 is 5.66 Å². The topological polar surface area (TPSA) is 57.0 Å². The average molecular weight is 744 g/mol. The van der Waals surface area contributed by atoms with Gasteiger partial charge in [-0.25, -0.2) is 0 Å². The molecule has 0 spiro atoms. The third-order valence-corrected chi connectivity index (χ3v) is 13.6. The summed E-state index contributed by atoms with van der Waals surface area (Å²) in [6.07, 6.45) is 11.9. The van der Waals surface area contributed by atoms with Gasteiger partial charge in [-0.05, 0) is 109 Å². The molecule has 3 aliphatic carbocycles. The fraction of sp³-hybridized carbons (Fsp3) is 0.259. The molecule has 0 bridgehead atoms. The number of unbranched alkanes of at least 4 members (excludes halogenated alkanes) is 3. The molecule has 284 valence electrons. The Bertz CT molecular complexity index is 2840. The van der Waals surface area contributed by atoms with E-state index in [0.29, 0.717) is 6.42 Å². The number of benzene rings is 6. The van der Waals surface area contributed by atoms with Gasteiger partial charge in [0.1, 0.15) is 0 Å². The number of aryl methyl sites for hydroxylation is 1. The third kappa shape index (κ3) is 5.47. The maximum absolute atomic E-state index is 6.57. The van der Waals surface area contributed by atoms with E-state index in [0.717, 1.165) is 13.0 Å². The van der Waals surface area contributed by atoms with Gasteiger partial charge in [0.25, 0.3) is 0 Å². The largest absolute Gasteiger partial charge is 0.340 e. The number of para-hydroxylation sites is 1. The fourth-order valence-corrected chi connectivity index (χ4v) is 10.5. The van der Waals surface area contributed by atoms with Crippen LogP contribution in [0.3, 0.4) is 0 Å². The molecule has 0 aliphatic heterocycles. The van der Waals surface area contributed by atoms with Crippen molar-refractivity contribution in [2.24, 2.45) is 11.5 Å². The van der Waals surface area contributed by atoms with Crippen molar-refractivity contribution in [3.63, 3.8) is 0 Å². The molecule has 0 radical (unpaired) electrons. The summed E-state index contributed by atoms with van der Waals surface area (Å²) in [4.78, 5) is 0. The highest BCUT2D eigenvalue weighted by atomic mass is 15.0. The lowest BCUT2D eigenvalue weighted by Gasteiger charge is -2.27. The summed E-state index contributed by atoms with van der Waals surface area (Å²) in [5, 5.41) is 2.59. The lowest BCUT2D eigenvalue weighted by Crippen LogP contribution is -2.47. The molecule has 3 heteroatoms. The smallest absolute Gasteiger partial charge is 0.0867 e. The van der Waals surface area contributed by atoms with Gasteiger partial charge in [-0.2, -0.15) is 0 Å². The van der Waals surface area contributed by atoms with E-state index in [1.165, 1.54) is 119 Å². The van der Waals surface area contributed by atoms with Crippen molar-refractivity contribution >= 4 is 27.4 Å². The predicted molar refractivity (Wildman–Crippen MR) is 242 cm³/mol. The van der Waals surface area contributed by atoms with E-state index in [-0.39, 0.29) is 10.8 Å². The standard InChI is InChI=1S/C54H53N3/c1-6-7-8-15-30-57-48-21-14-11-18-41(48)43-33-42(35-22-24-39-37-16-9-12-19-44(37)52(2,3)46(39)31-35)49(50(51(43)57)34-26-28-54(55,56)29-27-34)36-23-25-40-38-17-10-13-20-45(38)53(4,5)47(40)32-36/h9-14,16-28,31-33H,6-8,15,29-30,55-56H2,1-5H3. The van der Waals surface area contributed by atoms with Crippen molar-refractivity contribution in [2.75, 3.05) is 0 Å². The molecule has 0 amide bonds. The molecule has 0 saturated carbocycles. The summed E-state index contributed by atoms with van der Waals surface area (Å²) in [6.45, 7) is 12.8. The first-order chi connectivity index (χ1) is 27.5. The monoisotopic (exact) mass is 743 g/mol. The quantitative estimate of drug-likeness (QED) is 0.120. The van der Waals surface area contributed by atoms with Gasteiger partial charge in [0.05, 0.1) is 11.2 Å². The van der Waals surface area contributed by atoms with Gasteiger partial charge < -0.3 is 16.0 Å². The van der Waals surface area contributed by atoms with Crippen molar-refractivity contribution in [3.8, 4) is 44.5 Å². The minimum atomic E-state index is -0.878. The van der Waals surface area contributed by atoms with Crippen LogP contribution in [-0.2, 0) is 17.4 Å². The second kappa shape index (κ2) is 13.0. The number of fused-ring (bicyclic) bond motifs is 9. The van der Waals surface area contributed by atoms with E-state index in [1.807, 2.05) is 6.08 Å². The third-order valence-electron chi connectivity index (χ3n) is 13.6. The van der Waals surface area contributed by atoms with Crippen LogP contribution in [0.15, 0.2) is 133 Å². The molecular weight excluding hydrogens is 691 g/mol. The first-order valence-corrected chi connectivity index (χ1v) is 21.0. The maximum Gasteiger partial charge on any atom is 0.0867 e. The van der Waals surface area contributed by atoms with Gasteiger partial charge in [-0.1, -0.05) is 157 Å². The van der Waals surface area contributed by atoms with Crippen molar-refractivity contribution in [1.82, 2.24) is 4.57 Å². The molecule has 0 saturated heterocycles. The van der Waals surface area contributed by atoms with E-state index in [2.05, 4.69) is 167 Å². The number of nitrogens with zero attached hydrogens (tertiary/aromatic N) is 1. The maximum atomic E-state index is 6.57. The second-order valence-corrected chi connectivity index (χ2v) is 18.0. The molecule has 0 atom stereocenters. The van der Waals surface area contributed by atoms with Crippen molar-refractivity contribution < 1.29 is 0 Å². The van der Waals surface area contributed by atoms with Crippen LogP contribution in [0.4, 0.5) is 0 Å². The highest BCUT2D eigenvalue weighted by Crippen LogP contribution is 2.54. The summed E-state index contributed by atoms with van der Waals surface area (Å²) in [6, 6.07) is 44.0. The van der Waals surface area contributed by atoms with Crippen LogP contribution in [0.2, 0.25) is 0 Å². The predicted octanol–water partition coefficient (Wildman–Crippen LogP) is 13.3. The summed E-state index contributed by atoms with van der Waals surface area (Å²) in [5.74, 6) is 0. The Morgan fingerprint density at radius 3 is 1.81 bits per heavy atom. The molecule has 6 aromatic carbocycles. The first-order valence-electron chi connectivity index (χ1n) is 21.0. The molecule has 10 rings (SSSR count). The van der Waals surface area contributed by atoms with Crippen LogP contribution < -0.4 is 11.5 Å². The Kier molecular flexibility index (Phi) is 8.20. The van der Waals surface area contributed by atoms with Crippen LogP contribution in [-0.4, -0.2) is 10.2 Å². The van der Waals surface area contributed by atoms with Crippen LogP contribution in [0.25, 0.3) is 71.9 Å². The molecular formula is C54H53N3. The molecule has 3 nitrogen and oxygen atoms in total. The van der Waals surface area contributed by atoms with Gasteiger partial charge in [-0.3, -0.25) is 0 Å². The van der Waals surface area contributed by atoms with Crippen molar-refractivity contribution in [2.45, 2.75) is 89.8 Å². The lowest BCUT2D eigenvalue weighted by molar-refractivity contribution is 0.559. The van der Waals surface area contributed by atoms with Crippen LogP contribution >= 0.6 is 0 Å². The Labute approximate surface area is 337 Å². The zero-order valence-electron chi connectivity index (χ0n) is 34.0. The van der Waals surface area contributed by atoms with E-state index in [4.69, 9.17) is 11.5 Å². The van der Waals surface area contributed by atoms with E-state index in [1.54, 1.807) is 0 Å². The van der Waals surface area contributed by atoms with Gasteiger partial charge in [0.2, 0.25) is 0 Å². The Balaban J connectivity index is 1.32. The molecule has 0 fully saturated rings. The molecule has 57 heavy (non-hydrogen) atoms. The molecule has 1 heterocycles. The SMILES string of the molecule is CCCCCCn1c2ccccc2c2cc(-c3ccc4c(c3)C(C)(C)c3ccccc3-4)c(-c3ccc4c(c3)C(C)(C)c3ccccc3-4)c(C3=CCC(N)(N)C=C3)c21. The number of nitrogens with two attached hydrogens (primary N) is 2. The Hall–Kier alpha value is -5.48. The number of hydrogen-bond donors (Lipinski definition) is 2. The first kappa shape index (κ1) is 35.9. The molecule has 1 aromatic heterocycles. The summed E-state index contributed by atoms with van der Waals surface area (Å²) in [7, 11) is 0. The summed E-state index contributed by atoms with van der Waals surface area (Å²) < 4.78 is 2.62. The van der Waals surface area contributed by atoms with Gasteiger partial charge in [0, 0.05) is 45.6 Å². The van der Waals surface area contributed by atoms with Gasteiger partial charge in [0.15, 0.2) is 0 Å². The minimum Gasteiger partial charge on any atom is -0.340 e. The Morgan fingerprint density at radius 2 is 1.16 bits per heavy atom. The highest BCUT2D eigenvalue weighted by Gasteiger charge is 2.38. The van der Waals surface area contributed by atoms with E-state index in [9.17, 15) is 0 Å². The van der Waals surface area contributed by atoms with Gasteiger partial charge >= 0.3 is 0 Å². The summed E-state index contributed by atoms with van der Waals surface area (Å²) in [5.41, 5.74) is 32.9. The molecule has 3 aliphatic rings. The number of aromatic nitrogens is 1. The number of allylic oxidation sites excluding steroid dienone is 2. The summed E-state index contributed by atoms with van der Waals surface area (Å²) >= 11 is 0. The second-order valence-electron chi connectivity index (χ2n) is 18.0. The highest BCUT2D eigenvalue weighted by molar-refractivity contribution is 6.17. The van der Waals surface area contributed by atoms with Crippen molar-refractivity contribution in [3.05, 3.63) is 161 Å². The van der Waals surface area contributed by atoms with Crippen LogP contribution in [0.5, 0.6) is 0 Å². The molecule has 4 N–H and O–H groups in total. The normalized spacial score (nSPS) is 16.7. The minimum absolute atomic E-state index is 0.118. The number of rotatable bonds is 8.